The van der Waals surface area contributed by atoms with Crippen molar-refractivity contribution in [3.05, 3.63) is 0 Å². The molecule has 2 atom stereocenters. The normalized spacial score (nSPS) is 26.5. The lowest BCUT2D eigenvalue weighted by Gasteiger charge is -2.33. The molecule has 6 heteroatoms. The van der Waals surface area contributed by atoms with Gasteiger partial charge in [-0.3, -0.25) is 14.9 Å². The molecule has 0 saturated carbocycles. The maximum absolute atomic E-state index is 11.3. The molecule has 0 aliphatic carbocycles. The highest BCUT2D eigenvalue weighted by Crippen LogP contribution is 2.16. The van der Waals surface area contributed by atoms with Crippen molar-refractivity contribution in [1.29, 1.82) is 0 Å². The topological polar surface area (TPSA) is 78.4 Å². The summed E-state index contributed by atoms with van der Waals surface area (Å²) in [5.74, 6) is -0.537. The second kappa shape index (κ2) is 5.37. The molecule has 0 aromatic carbocycles. The Kier molecular flexibility index (Phi) is 4.41. The summed E-state index contributed by atoms with van der Waals surface area (Å²) in [7, 11) is 0. The molecule has 1 fully saturated rings. The second-order valence-corrected chi connectivity index (χ2v) is 4.97. The summed E-state index contributed by atoms with van der Waals surface area (Å²) in [6.07, 6.45) is 0.460. The van der Waals surface area contributed by atoms with Crippen molar-refractivity contribution >= 4 is 23.6 Å². The highest BCUT2D eigenvalue weighted by molar-refractivity contribution is 8.00. The van der Waals surface area contributed by atoms with Crippen LogP contribution in [0.5, 0.6) is 0 Å². The minimum Gasteiger partial charge on any atom is -0.481 e. The fourth-order valence-electron chi connectivity index (χ4n) is 1.37. The van der Waals surface area contributed by atoms with E-state index in [1.54, 1.807) is 0 Å². The predicted octanol–water partition coefficient (Wildman–Crippen LogP) is 0.222. The summed E-state index contributed by atoms with van der Waals surface area (Å²) in [5, 5.41) is 14.4. The van der Waals surface area contributed by atoms with Crippen molar-refractivity contribution in [3.63, 3.8) is 0 Å². The molecule has 1 amide bonds. The van der Waals surface area contributed by atoms with Crippen LogP contribution < -0.4 is 10.6 Å². The first-order chi connectivity index (χ1) is 6.99. The van der Waals surface area contributed by atoms with Crippen molar-refractivity contribution in [2.24, 2.45) is 5.92 Å². The number of amides is 1. The Balaban J connectivity index is 2.44. The number of carboxylic acid groups (broad SMARTS) is 1. The smallest absolute Gasteiger partial charge is 0.313 e. The summed E-state index contributed by atoms with van der Waals surface area (Å²) in [6, 6.07) is 0.130. The molecule has 2 unspecified atom stereocenters. The summed E-state index contributed by atoms with van der Waals surface area (Å²) < 4.78 is 0. The van der Waals surface area contributed by atoms with Crippen molar-refractivity contribution in [1.82, 2.24) is 10.6 Å². The van der Waals surface area contributed by atoms with E-state index in [0.29, 0.717) is 12.3 Å². The zero-order valence-corrected chi connectivity index (χ0v) is 9.63. The van der Waals surface area contributed by atoms with Crippen LogP contribution in [0.1, 0.15) is 20.3 Å². The molecule has 0 spiro atoms. The van der Waals surface area contributed by atoms with Gasteiger partial charge in [-0.1, -0.05) is 13.8 Å². The van der Waals surface area contributed by atoms with Crippen LogP contribution in [0, 0.1) is 5.92 Å². The van der Waals surface area contributed by atoms with Gasteiger partial charge in [-0.15, -0.1) is 11.8 Å². The summed E-state index contributed by atoms with van der Waals surface area (Å²) in [4.78, 5) is 21.7. The standard InChI is InChI=1S/C9H16N2O3S/c1-5(2)6-3-7(12)11-9(10-6)15-4-8(13)14/h5-6,9-10H,3-4H2,1-2H3,(H,11,12)(H,13,14). The van der Waals surface area contributed by atoms with Crippen LogP contribution in [-0.4, -0.2) is 34.3 Å². The van der Waals surface area contributed by atoms with E-state index in [0.717, 1.165) is 0 Å². The average molecular weight is 232 g/mol. The highest BCUT2D eigenvalue weighted by Gasteiger charge is 2.27. The Hall–Kier alpha value is -0.750. The Bertz CT molecular complexity index is 258. The number of rotatable bonds is 4. The summed E-state index contributed by atoms with van der Waals surface area (Å²) in [5.41, 5.74) is -0.283. The van der Waals surface area contributed by atoms with Gasteiger partial charge in [0.25, 0.3) is 0 Å². The third-order valence-electron chi connectivity index (χ3n) is 2.24. The van der Waals surface area contributed by atoms with Crippen molar-refractivity contribution in [3.8, 4) is 0 Å². The molecule has 1 rings (SSSR count). The number of carbonyl (C=O) groups excluding carboxylic acids is 1. The molecular formula is C9H16N2O3S. The number of thioether (sulfide) groups is 1. The zero-order valence-electron chi connectivity index (χ0n) is 8.82. The van der Waals surface area contributed by atoms with Crippen LogP contribution in [0.3, 0.4) is 0 Å². The molecular weight excluding hydrogens is 216 g/mol. The monoisotopic (exact) mass is 232 g/mol. The molecule has 0 aromatic rings. The van der Waals surface area contributed by atoms with E-state index in [9.17, 15) is 9.59 Å². The van der Waals surface area contributed by atoms with Gasteiger partial charge in [-0.2, -0.15) is 0 Å². The Labute approximate surface area is 93.0 Å². The highest BCUT2D eigenvalue weighted by atomic mass is 32.2. The second-order valence-electron chi connectivity index (χ2n) is 3.87. The Morgan fingerprint density at radius 1 is 1.67 bits per heavy atom. The van der Waals surface area contributed by atoms with Crippen LogP contribution in [-0.2, 0) is 9.59 Å². The van der Waals surface area contributed by atoms with Crippen LogP contribution in [0.4, 0.5) is 0 Å². The maximum atomic E-state index is 11.3. The molecule has 15 heavy (non-hydrogen) atoms. The lowest BCUT2D eigenvalue weighted by atomic mass is 10.00. The Morgan fingerprint density at radius 3 is 2.87 bits per heavy atom. The van der Waals surface area contributed by atoms with Gasteiger partial charge in [0.05, 0.1) is 5.75 Å². The van der Waals surface area contributed by atoms with Gasteiger partial charge in [0.2, 0.25) is 5.91 Å². The third-order valence-corrected chi connectivity index (χ3v) is 3.24. The van der Waals surface area contributed by atoms with Gasteiger partial charge in [0.1, 0.15) is 5.50 Å². The summed E-state index contributed by atoms with van der Waals surface area (Å²) in [6.45, 7) is 4.07. The molecule has 0 aromatic heterocycles. The average Bonchev–Trinajstić information content (AvgIpc) is 2.13. The fourth-order valence-corrected chi connectivity index (χ4v) is 2.17. The van der Waals surface area contributed by atoms with Gasteiger partial charge < -0.3 is 10.4 Å². The number of carboxylic acids is 1. The van der Waals surface area contributed by atoms with E-state index in [4.69, 9.17) is 5.11 Å². The van der Waals surface area contributed by atoms with Gasteiger partial charge >= 0.3 is 5.97 Å². The minimum atomic E-state index is -0.872. The lowest BCUT2D eigenvalue weighted by molar-refractivity contribution is -0.134. The van der Waals surface area contributed by atoms with E-state index in [2.05, 4.69) is 10.6 Å². The first-order valence-electron chi connectivity index (χ1n) is 4.88. The van der Waals surface area contributed by atoms with E-state index in [1.165, 1.54) is 11.8 Å². The molecule has 1 saturated heterocycles. The van der Waals surface area contributed by atoms with Crippen molar-refractivity contribution in [2.75, 3.05) is 5.75 Å². The van der Waals surface area contributed by atoms with Crippen LogP contribution in [0.25, 0.3) is 0 Å². The molecule has 0 radical (unpaired) electrons. The number of nitrogens with one attached hydrogen (secondary N) is 2. The number of aliphatic carboxylic acids is 1. The van der Waals surface area contributed by atoms with Crippen molar-refractivity contribution < 1.29 is 14.7 Å². The molecule has 1 aliphatic rings. The fraction of sp³-hybridized carbons (Fsp3) is 0.778. The van der Waals surface area contributed by atoms with Gasteiger partial charge in [0, 0.05) is 12.5 Å². The van der Waals surface area contributed by atoms with E-state index >= 15 is 0 Å². The SMILES string of the molecule is CC(C)C1CC(=O)NC(SCC(=O)O)N1. The van der Waals surface area contributed by atoms with Gasteiger partial charge in [-0.25, -0.2) is 0 Å². The summed E-state index contributed by atoms with van der Waals surface area (Å²) >= 11 is 1.19. The first-order valence-corrected chi connectivity index (χ1v) is 5.92. The van der Waals surface area contributed by atoms with Crippen molar-refractivity contribution in [2.45, 2.75) is 31.8 Å². The number of carbonyl (C=O) groups is 2. The molecule has 3 N–H and O–H groups in total. The van der Waals surface area contributed by atoms with Crippen LogP contribution in [0.15, 0.2) is 0 Å². The Morgan fingerprint density at radius 2 is 2.33 bits per heavy atom. The molecule has 5 nitrogen and oxygen atoms in total. The van der Waals surface area contributed by atoms with Crippen LogP contribution in [0.2, 0.25) is 0 Å². The molecule has 86 valence electrons. The molecule has 1 heterocycles. The molecule has 0 bridgehead atoms. The van der Waals surface area contributed by atoms with E-state index in [-0.39, 0.29) is 23.2 Å². The van der Waals surface area contributed by atoms with E-state index < -0.39 is 5.97 Å². The minimum absolute atomic E-state index is 0.0111. The quantitative estimate of drug-likeness (QED) is 0.646. The molecule has 1 aliphatic heterocycles. The predicted molar refractivity (Wildman–Crippen MR) is 58.4 cm³/mol. The zero-order chi connectivity index (χ0) is 11.4. The van der Waals surface area contributed by atoms with Gasteiger partial charge in [-0.05, 0) is 5.92 Å². The third kappa shape index (κ3) is 4.09. The largest absolute Gasteiger partial charge is 0.481 e. The maximum Gasteiger partial charge on any atom is 0.313 e. The van der Waals surface area contributed by atoms with Crippen LogP contribution >= 0.6 is 11.8 Å². The van der Waals surface area contributed by atoms with Gasteiger partial charge in [0.15, 0.2) is 0 Å². The lowest BCUT2D eigenvalue weighted by Crippen LogP contribution is -2.56. The number of hydrogen-bond acceptors (Lipinski definition) is 4. The number of hydrogen-bond donors (Lipinski definition) is 3. The van der Waals surface area contributed by atoms with E-state index in [1.807, 2.05) is 13.8 Å². The first kappa shape index (κ1) is 12.3.